The van der Waals surface area contributed by atoms with Gasteiger partial charge in [-0.15, -0.1) is 0 Å². The standard InChI is InChI=1S/C21H28O2/c1-16-9-8-14-21(3,4)19(16)13-12-17(2)23-20(22)15-18-10-6-5-7-11-18/h5-7,10-13,17H,8-9,14-15H2,1-4H3/b13-12+. The summed E-state index contributed by atoms with van der Waals surface area (Å²) in [4.78, 5) is 12.0. The highest BCUT2D eigenvalue weighted by molar-refractivity contribution is 5.72. The van der Waals surface area contributed by atoms with Gasteiger partial charge in [-0.2, -0.15) is 0 Å². The lowest BCUT2D eigenvalue weighted by Gasteiger charge is -2.33. The van der Waals surface area contributed by atoms with Crippen LogP contribution in [-0.2, 0) is 16.0 Å². The van der Waals surface area contributed by atoms with Crippen molar-refractivity contribution in [1.82, 2.24) is 0 Å². The maximum atomic E-state index is 12.0. The summed E-state index contributed by atoms with van der Waals surface area (Å²) in [6, 6.07) is 9.71. The highest BCUT2D eigenvalue weighted by Crippen LogP contribution is 2.40. The van der Waals surface area contributed by atoms with Gasteiger partial charge in [-0.25, -0.2) is 0 Å². The molecule has 0 aliphatic heterocycles. The number of hydrogen-bond acceptors (Lipinski definition) is 2. The molecule has 1 aromatic carbocycles. The molecule has 23 heavy (non-hydrogen) atoms. The minimum Gasteiger partial charge on any atom is -0.458 e. The average molecular weight is 312 g/mol. The number of benzene rings is 1. The maximum absolute atomic E-state index is 12.0. The first-order valence-corrected chi connectivity index (χ1v) is 8.50. The molecule has 1 unspecified atom stereocenters. The number of carbonyl (C=O) groups excluding carboxylic acids is 1. The molecule has 1 atom stereocenters. The Labute approximate surface area is 140 Å². The topological polar surface area (TPSA) is 26.3 Å². The van der Waals surface area contributed by atoms with Gasteiger partial charge in [-0.05, 0) is 55.7 Å². The molecular formula is C21H28O2. The molecule has 1 aromatic rings. The predicted molar refractivity (Wildman–Crippen MR) is 95.2 cm³/mol. The van der Waals surface area contributed by atoms with Gasteiger partial charge in [-0.3, -0.25) is 4.79 Å². The van der Waals surface area contributed by atoms with Gasteiger partial charge in [0.2, 0.25) is 0 Å². The Morgan fingerprint density at radius 1 is 1.30 bits per heavy atom. The Morgan fingerprint density at radius 3 is 2.65 bits per heavy atom. The molecule has 0 radical (unpaired) electrons. The molecule has 0 bridgehead atoms. The van der Waals surface area contributed by atoms with E-state index in [0.717, 1.165) is 5.56 Å². The van der Waals surface area contributed by atoms with Crippen LogP contribution in [0.15, 0.2) is 53.6 Å². The molecule has 124 valence electrons. The van der Waals surface area contributed by atoms with Crippen molar-refractivity contribution in [2.45, 2.75) is 59.5 Å². The summed E-state index contributed by atoms with van der Waals surface area (Å²) in [6.07, 6.45) is 7.94. The van der Waals surface area contributed by atoms with Crippen LogP contribution in [-0.4, -0.2) is 12.1 Å². The number of hydrogen-bond donors (Lipinski definition) is 0. The van der Waals surface area contributed by atoms with Gasteiger partial charge in [0.1, 0.15) is 6.10 Å². The third-order valence-electron chi connectivity index (χ3n) is 4.59. The fourth-order valence-corrected chi connectivity index (χ4v) is 3.29. The number of carbonyl (C=O) groups is 1. The van der Waals surface area contributed by atoms with Crippen LogP contribution in [0.1, 0.15) is 52.5 Å². The first-order chi connectivity index (χ1) is 10.9. The fourth-order valence-electron chi connectivity index (χ4n) is 3.29. The summed E-state index contributed by atoms with van der Waals surface area (Å²) in [5.41, 5.74) is 4.06. The minimum absolute atomic E-state index is 0.179. The zero-order chi connectivity index (χ0) is 16.9. The lowest BCUT2D eigenvalue weighted by molar-refractivity contribution is -0.145. The van der Waals surface area contributed by atoms with Crippen LogP contribution < -0.4 is 0 Å². The molecule has 0 aromatic heterocycles. The van der Waals surface area contributed by atoms with Crippen LogP contribution in [0.4, 0.5) is 0 Å². The Morgan fingerprint density at radius 2 is 2.00 bits per heavy atom. The van der Waals surface area contributed by atoms with Crippen molar-refractivity contribution in [1.29, 1.82) is 0 Å². The molecule has 2 nitrogen and oxygen atoms in total. The Kier molecular flexibility index (Phi) is 5.81. The summed E-state index contributed by atoms with van der Waals surface area (Å²) >= 11 is 0. The van der Waals surface area contributed by atoms with Crippen LogP contribution in [0.5, 0.6) is 0 Å². The first kappa shape index (κ1) is 17.5. The van der Waals surface area contributed by atoms with E-state index >= 15 is 0 Å². The van der Waals surface area contributed by atoms with Crippen molar-refractivity contribution in [2.24, 2.45) is 5.41 Å². The molecule has 0 fully saturated rings. The van der Waals surface area contributed by atoms with Crippen molar-refractivity contribution >= 4 is 5.97 Å². The van der Waals surface area contributed by atoms with E-state index in [0.29, 0.717) is 6.42 Å². The molecule has 2 rings (SSSR count). The summed E-state index contributed by atoms with van der Waals surface area (Å²) < 4.78 is 5.50. The molecule has 0 spiro atoms. The Balaban J connectivity index is 1.93. The summed E-state index contributed by atoms with van der Waals surface area (Å²) in [6.45, 7) is 8.72. The van der Waals surface area contributed by atoms with Gasteiger partial charge in [-0.1, -0.05) is 55.8 Å². The van der Waals surface area contributed by atoms with Crippen LogP contribution in [0, 0.1) is 5.41 Å². The van der Waals surface area contributed by atoms with Crippen molar-refractivity contribution in [3.63, 3.8) is 0 Å². The highest BCUT2D eigenvalue weighted by Gasteiger charge is 2.26. The Hall–Kier alpha value is -1.83. The second-order valence-electron chi connectivity index (χ2n) is 7.15. The molecule has 0 N–H and O–H groups in total. The van der Waals surface area contributed by atoms with E-state index in [9.17, 15) is 4.79 Å². The number of rotatable bonds is 5. The van der Waals surface area contributed by atoms with Crippen LogP contribution in [0.3, 0.4) is 0 Å². The van der Waals surface area contributed by atoms with Gasteiger partial charge >= 0.3 is 5.97 Å². The van der Waals surface area contributed by atoms with E-state index in [-0.39, 0.29) is 17.5 Å². The van der Waals surface area contributed by atoms with E-state index in [1.807, 2.05) is 43.3 Å². The molecular weight excluding hydrogens is 284 g/mol. The largest absolute Gasteiger partial charge is 0.458 e. The number of allylic oxidation sites excluding steroid dienone is 3. The fraction of sp³-hybridized carbons (Fsp3) is 0.476. The number of esters is 1. The minimum atomic E-state index is -0.204. The summed E-state index contributed by atoms with van der Waals surface area (Å²) in [5, 5.41) is 0. The molecule has 0 heterocycles. The molecule has 2 heteroatoms. The van der Waals surface area contributed by atoms with Crippen molar-refractivity contribution in [3.05, 3.63) is 59.2 Å². The summed E-state index contributed by atoms with van der Waals surface area (Å²) in [7, 11) is 0. The van der Waals surface area contributed by atoms with Crippen molar-refractivity contribution in [2.75, 3.05) is 0 Å². The molecule has 0 saturated carbocycles. The van der Waals surface area contributed by atoms with Gasteiger partial charge < -0.3 is 4.74 Å². The molecule has 1 aliphatic carbocycles. The monoisotopic (exact) mass is 312 g/mol. The zero-order valence-electron chi connectivity index (χ0n) is 14.8. The second kappa shape index (κ2) is 7.63. The van der Waals surface area contributed by atoms with E-state index in [1.54, 1.807) is 0 Å². The van der Waals surface area contributed by atoms with Crippen LogP contribution in [0.2, 0.25) is 0 Å². The Bertz CT molecular complexity index is 594. The molecule has 0 saturated heterocycles. The maximum Gasteiger partial charge on any atom is 0.310 e. The predicted octanol–water partition coefficient (Wildman–Crippen LogP) is 5.24. The first-order valence-electron chi connectivity index (χ1n) is 8.50. The smallest absolute Gasteiger partial charge is 0.310 e. The normalized spacial score (nSPS) is 19.0. The van der Waals surface area contributed by atoms with Gasteiger partial charge in [0.05, 0.1) is 6.42 Å². The quantitative estimate of drug-likeness (QED) is 0.695. The van der Waals surface area contributed by atoms with E-state index in [2.05, 4.69) is 26.8 Å². The van der Waals surface area contributed by atoms with E-state index in [4.69, 9.17) is 4.74 Å². The zero-order valence-corrected chi connectivity index (χ0v) is 14.8. The average Bonchev–Trinajstić information content (AvgIpc) is 2.46. The van der Waals surface area contributed by atoms with E-state index in [1.165, 1.54) is 30.4 Å². The lowest BCUT2D eigenvalue weighted by Crippen LogP contribution is -2.20. The second-order valence-corrected chi connectivity index (χ2v) is 7.15. The molecule has 1 aliphatic rings. The van der Waals surface area contributed by atoms with Gasteiger partial charge in [0, 0.05) is 0 Å². The van der Waals surface area contributed by atoms with Gasteiger partial charge in [0.15, 0.2) is 0 Å². The third kappa shape index (κ3) is 5.09. The lowest BCUT2D eigenvalue weighted by atomic mass is 9.72. The van der Waals surface area contributed by atoms with Crippen LogP contribution in [0.25, 0.3) is 0 Å². The van der Waals surface area contributed by atoms with E-state index < -0.39 is 0 Å². The third-order valence-corrected chi connectivity index (χ3v) is 4.59. The number of ether oxygens (including phenoxy) is 1. The van der Waals surface area contributed by atoms with Crippen molar-refractivity contribution in [3.8, 4) is 0 Å². The highest BCUT2D eigenvalue weighted by atomic mass is 16.5. The molecule has 0 amide bonds. The van der Waals surface area contributed by atoms with Gasteiger partial charge in [0.25, 0.3) is 0 Å². The van der Waals surface area contributed by atoms with Crippen LogP contribution >= 0.6 is 0 Å². The SMILES string of the molecule is CC1=C(/C=C/C(C)OC(=O)Cc2ccccc2)C(C)(C)CCC1. The van der Waals surface area contributed by atoms with Crippen molar-refractivity contribution < 1.29 is 9.53 Å². The summed E-state index contributed by atoms with van der Waals surface area (Å²) in [5.74, 6) is -0.179.